The van der Waals surface area contributed by atoms with Gasteiger partial charge < -0.3 is 5.11 Å². The number of hydrogen-bond acceptors (Lipinski definition) is 1. The Hall–Kier alpha value is -1.24. The monoisotopic (exact) mass is 302 g/mol. The van der Waals surface area contributed by atoms with Crippen molar-refractivity contribution in [2.75, 3.05) is 0 Å². The molecule has 0 aliphatic rings. The zero-order valence-electron chi connectivity index (χ0n) is 14.4. The van der Waals surface area contributed by atoms with E-state index in [-0.39, 0.29) is 0 Å². The van der Waals surface area contributed by atoms with E-state index < -0.39 is 0 Å². The van der Waals surface area contributed by atoms with Gasteiger partial charge in [0.05, 0.1) is 0 Å². The molecule has 1 aromatic rings. The number of unbranched alkanes of at least 4 members (excludes halogenated alkanes) is 9. The number of hydrogen-bond donors (Lipinski definition) is 1. The van der Waals surface area contributed by atoms with Crippen LogP contribution in [0.3, 0.4) is 0 Å². The summed E-state index contributed by atoms with van der Waals surface area (Å²) >= 11 is 0. The third kappa shape index (κ3) is 10.5. The van der Waals surface area contributed by atoms with Crippen LogP contribution in [0.25, 0.3) is 0 Å². The Balaban J connectivity index is 1.86. The predicted octanol–water partition coefficient (Wildman–Crippen LogP) is 6.80. The van der Waals surface area contributed by atoms with E-state index in [4.69, 9.17) is 0 Å². The largest absolute Gasteiger partial charge is 0.508 e. The van der Waals surface area contributed by atoms with Crippen LogP contribution in [0, 0.1) is 0 Å². The standard InChI is InChI=1S/C21H34O/c1-2-3-4-5-6-7-8-9-10-11-12-13-14-16-20-17-15-18-21(22)19-20/h7-8,15,17-19,22H,2-6,9-14,16H2,1H3/b8-7+. The van der Waals surface area contributed by atoms with Gasteiger partial charge >= 0.3 is 0 Å². The molecule has 0 aliphatic heterocycles. The third-order valence-corrected chi connectivity index (χ3v) is 4.14. The molecule has 22 heavy (non-hydrogen) atoms. The van der Waals surface area contributed by atoms with E-state index in [0.29, 0.717) is 5.75 Å². The lowest BCUT2D eigenvalue weighted by atomic mass is 10.0. The number of rotatable bonds is 13. The number of allylic oxidation sites excluding steroid dienone is 2. The summed E-state index contributed by atoms with van der Waals surface area (Å²) in [7, 11) is 0. The van der Waals surface area contributed by atoms with Gasteiger partial charge in [-0.2, -0.15) is 0 Å². The van der Waals surface area contributed by atoms with Gasteiger partial charge in [0.2, 0.25) is 0 Å². The minimum Gasteiger partial charge on any atom is -0.508 e. The number of benzene rings is 1. The first kappa shape index (κ1) is 18.8. The van der Waals surface area contributed by atoms with Crippen LogP contribution in [0.2, 0.25) is 0 Å². The molecule has 0 aliphatic carbocycles. The highest BCUT2D eigenvalue weighted by Crippen LogP contribution is 2.14. The molecule has 0 amide bonds. The van der Waals surface area contributed by atoms with Crippen molar-refractivity contribution < 1.29 is 5.11 Å². The number of aromatic hydroxyl groups is 1. The van der Waals surface area contributed by atoms with Gasteiger partial charge in [-0.3, -0.25) is 0 Å². The molecule has 0 aromatic heterocycles. The molecular weight excluding hydrogens is 268 g/mol. The molecule has 1 aromatic carbocycles. The van der Waals surface area contributed by atoms with Crippen molar-refractivity contribution in [2.24, 2.45) is 0 Å². The van der Waals surface area contributed by atoms with Crippen LogP contribution in [0.4, 0.5) is 0 Å². The highest BCUT2D eigenvalue weighted by atomic mass is 16.3. The van der Waals surface area contributed by atoms with Crippen molar-refractivity contribution in [1.82, 2.24) is 0 Å². The van der Waals surface area contributed by atoms with Crippen molar-refractivity contribution in [3.05, 3.63) is 42.0 Å². The summed E-state index contributed by atoms with van der Waals surface area (Å²) in [5.41, 5.74) is 1.26. The van der Waals surface area contributed by atoms with Crippen molar-refractivity contribution >= 4 is 0 Å². The fourth-order valence-electron chi connectivity index (χ4n) is 2.76. The molecule has 1 rings (SSSR count). The Morgan fingerprint density at radius 2 is 1.45 bits per heavy atom. The van der Waals surface area contributed by atoms with Crippen LogP contribution in [-0.4, -0.2) is 5.11 Å². The van der Waals surface area contributed by atoms with E-state index in [9.17, 15) is 5.11 Å². The quantitative estimate of drug-likeness (QED) is 0.314. The lowest BCUT2D eigenvalue weighted by molar-refractivity contribution is 0.474. The molecule has 1 N–H and O–H groups in total. The summed E-state index contributed by atoms with van der Waals surface area (Å²) in [6, 6.07) is 7.65. The Kier molecular flexibility index (Phi) is 11.5. The van der Waals surface area contributed by atoms with E-state index in [0.717, 1.165) is 6.42 Å². The lowest BCUT2D eigenvalue weighted by Gasteiger charge is -2.02. The van der Waals surface area contributed by atoms with Crippen molar-refractivity contribution in [2.45, 2.75) is 84.0 Å². The van der Waals surface area contributed by atoms with Gasteiger partial charge in [-0.05, 0) is 56.2 Å². The van der Waals surface area contributed by atoms with Gasteiger partial charge in [0.1, 0.15) is 5.75 Å². The smallest absolute Gasteiger partial charge is 0.115 e. The first-order valence-electron chi connectivity index (χ1n) is 9.26. The van der Waals surface area contributed by atoms with Crippen LogP contribution in [0.1, 0.15) is 83.1 Å². The zero-order valence-corrected chi connectivity index (χ0v) is 14.4. The molecule has 124 valence electrons. The molecular formula is C21H34O. The van der Waals surface area contributed by atoms with E-state index >= 15 is 0 Å². The van der Waals surface area contributed by atoms with Crippen molar-refractivity contribution in [3.8, 4) is 5.75 Å². The van der Waals surface area contributed by atoms with Crippen LogP contribution in [-0.2, 0) is 6.42 Å². The molecule has 0 radical (unpaired) electrons. The normalized spacial score (nSPS) is 11.3. The highest BCUT2D eigenvalue weighted by Gasteiger charge is 1.95. The van der Waals surface area contributed by atoms with E-state index in [1.54, 1.807) is 6.07 Å². The van der Waals surface area contributed by atoms with Crippen LogP contribution < -0.4 is 0 Å². The maximum Gasteiger partial charge on any atom is 0.115 e. The molecule has 0 bridgehead atoms. The second-order valence-electron chi connectivity index (χ2n) is 6.30. The minimum absolute atomic E-state index is 0.388. The highest BCUT2D eigenvalue weighted by molar-refractivity contribution is 5.27. The predicted molar refractivity (Wildman–Crippen MR) is 97.4 cm³/mol. The van der Waals surface area contributed by atoms with Gasteiger partial charge in [0, 0.05) is 0 Å². The zero-order chi connectivity index (χ0) is 15.9. The molecule has 0 heterocycles. The second-order valence-corrected chi connectivity index (χ2v) is 6.30. The summed E-state index contributed by atoms with van der Waals surface area (Å²) in [5, 5.41) is 9.41. The summed E-state index contributed by atoms with van der Waals surface area (Å²) in [4.78, 5) is 0. The molecule has 0 fully saturated rings. The Bertz CT molecular complexity index is 395. The molecule has 0 unspecified atom stereocenters. The third-order valence-electron chi connectivity index (χ3n) is 4.14. The average molecular weight is 303 g/mol. The first-order chi connectivity index (χ1) is 10.8. The van der Waals surface area contributed by atoms with Gasteiger partial charge in [-0.1, -0.05) is 69.7 Å². The lowest BCUT2D eigenvalue weighted by Crippen LogP contribution is -1.86. The van der Waals surface area contributed by atoms with E-state index in [1.807, 2.05) is 12.1 Å². The molecule has 0 spiro atoms. The van der Waals surface area contributed by atoms with Gasteiger partial charge in [-0.25, -0.2) is 0 Å². The van der Waals surface area contributed by atoms with E-state index in [1.165, 1.54) is 76.2 Å². The fourth-order valence-corrected chi connectivity index (χ4v) is 2.76. The van der Waals surface area contributed by atoms with Gasteiger partial charge in [0.25, 0.3) is 0 Å². The average Bonchev–Trinajstić information content (AvgIpc) is 2.52. The van der Waals surface area contributed by atoms with Crippen molar-refractivity contribution in [3.63, 3.8) is 0 Å². The summed E-state index contributed by atoms with van der Waals surface area (Å²) in [6.45, 7) is 2.26. The number of phenolic OH excluding ortho intramolecular Hbond substituents is 1. The first-order valence-corrected chi connectivity index (χ1v) is 9.26. The Morgan fingerprint density at radius 1 is 0.818 bits per heavy atom. The Labute approximate surface area is 137 Å². The summed E-state index contributed by atoms with van der Waals surface area (Å²) in [5.74, 6) is 0.388. The van der Waals surface area contributed by atoms with Crippen molar-refractivity contribution in [1.29, 1.82) is 0 Å². The molecule has 1 heteroatoms. The second kappa shape index (κ2) is 13.4. The maximum absolute atomic E-state index is 9.41. The van der Waals surface area contributed by atoms with Crippen LogP contribution >= 0.6 is 0 Å². The topological polar surface area (TPSA) is 20.2 Å². The fraction of sp³-hybridized carbons (Fsp3) is 0.619. The summed E-state index contributed by atoms with van der Waals surface area (Å²) < 4.78 is 0. The van der Waals surface area contributed by atoms with E-state index in [2.05, 4.69) is 25.1 Å². The number of aryl methyl sites for hydroxylation is 1. The molecule has 0 saturated heterocycles. The SMILES string of the molecule is CCCCCC/C=C/CCCCCCCc1cccc(O)c1. The van der Waals surface area contributed by atoms with Gasteiger partial charge in [0.15, 0.2) is 0 Å². The Morgan fingerprint density at radius 3 is 2.14 bits per heavy atom. The maximum atomic E-state index is 9.41. The van der Waals surface area contributed by atoms with Gasteiger partial charge in [-0.15, -0.1) is 0 Å². The molecule has 1 nitrogen and oxygen atoms in total. The summed E-state index contributed by atoms with van der Waals surface area (Å²) in [6.07, 6.45) is 20.4. The number of phenols is 1. The molecule has 0 atom stereocenters. The van der Waals surface area contributed by atoms with Crippen LogP contribution in [0.15, 0.2) is 36.4 Å². The molecule has 0 saturated carbocycles. The van der Waals surface area contributed by atoms with Crippen LogP contribution in [0.5, 0.6) is 5.75 Å². The minimum atomic E-state index is 0.388.